The minimum absolute atomic E-state index is 0.233. The number of nitrogens with zero attached hydrogens (tertiary/aromatic N) is 4. The number of carbonyl (C=O) groups excluding carboxylic acids is 1. The van der Waals surface area contributed by atoms with Crippen LogP contribution in [0.5, 0.6) is 5.75 Å². The number of carbonyl (C=O) groups is 1. The molecule has 176 valence electrons. The van der Waals surface area contributed by atoms with E-state index in [0.29, 0.717) is 34.6 Å². The third kappa shape index (κ3) is 4.74. The van der Waals surface area contributed by atoms with Crippen molar-refractivity contribution in [3.8, 4) is 5.75 Å². The maximum absolute atomic E-state index is 13.5. The summed E-state index contributed by atoms with van der Waals surface area (Å²) in [4.78, 5) is 13.5. The van der Waals surface area contributed by atoms with Crippen LogP contribution in [-0.2, 0) is 11.4 Å². The van der Waals surface area contributed by atoms with Crippen molar-refractivity contribution in [3.05, 3.63) is 106 Å². The quantitative estimate of drug-likeness (QED) is 0.392. The highest BCUT2D eigenvalue weighted by atomic mass is 35.5. The van der Waals surface area contributed by atoms with Gasteiger partial charge in [0.15, 0.2) is 0 Å². The van der Waals surface area contributed by atoms with Gasteiger partial charge in [0.25, 0.3) is 5.91 Å². The first kappa shape index (κ1) is 22.6. The van der Waals surface area contributed by atoms with Crippen LogP contribution in [0.1, 0.15) is 29.7 Å². The number of rotatable bonds is 6. The summed E-state index contributed by atoms with van der Waals surface area (Å²) < 4.78 is 7.64. The number of para-hydroxylation sites is 1. The number of aromatic nitrogens is 4. The lowest BCUT2D eigenvalue weighted by molar-refractivity contribution is -0.113. The highest BCUT2D eigenvalue weighted by Gasteiger charge is 2.34. The van der Waals surface area contributed by atoms with E-state index in [2.05, 4.69) is 26.2 Å². The topological polar surface area (TPSA) is 94.0 Å². The van der Waals surface area contributed by atoms with E-state index in [0.717, 1.165) is 22.4 Å². The number of aryl methyl sites for hydroxylation is 1. The Morgan fingerprint density at radius 2 is 1.89 bits per heavy atom. The number of hydrogen-bond acceptors (Lipinski definition) is 6. The molecule has 8 nitrogen and oxygen atoms in total. The molecule has 9 heteroatoms. The second-order valence-electron chi connectivity index (χ2n) is 8.27. The molecule has 1 unspecified atom stereocenters. The third-order valence-electron chi connectivity index (χ3n) is 5.84. The fraction of sp³-hybridized carbons (Fsp3) is 0.154. The first-order valence-corrected chi connectivity index (χ1v) is 11.5. The summed E-state index contributed by atoms with van der Waals surface area (Å²) in [6.45, 7) is 4.19. The molecular weight excluding hydrogens is 464 g/mol. The van der Waals surface area contributed by atoms with E-state index in [9.17, 15) is 4.79 Å². The van der Waals surface area contributed by atoms with Crippen molar-refractivity contribution in [2.75, 3.05) is 10.6 Å². The summed E-state index contributed by atoms with van der Waals surface area (Å²) in [5.74, 6) is 0.900. The van der Waals surface area contributed by atoms with Crippen LogP contribution in [0.15, 0.2) is 84.1 Å². The van der Waals surface area contributed by atoms with Gasteiger partial charge in [0.05, 0.1) is 5.57 Å². The molecule has 1 aromatic heterocycles. The third-order valence-corrected chi connectivity index (χ3v) is 6.10. The molecule has 0 saturated carbocycles. The molecule has 0 aliphatic carbocycles. The Bertz CT molecular complexity index is 1410. The lowest BCUT2D eigenvalue weighted by atomic mass is 9.94. The van der Waals surface area contributed by atoms with Gasteiger partial charge in [-0.3, -0.25) is 4.79 Å². The molecule has 1 atom stereocenters. The van der Waals surface area contributed by atoms with E-state index < -0.39 is 6.04 Å². The first-order valence-electron chi connectivity index (χ1n) is 11.1. The summed E-state index contributed by atoms with van der Waals surface area (Å²) >= 11 is 5.98. The second kappa shape index (κ2) is 9.60. The molecule has 2 heterocycles. The summed E-state index contributed by atoms with van der Waals surface area (Å²) in [6.07, 6.45) is 0. The van der Waals surface area contributed by atoms with Crippen LogP contribution in [-0.4, -0.2) is 26.1 Å². The normalized spacial score (nSPS) is 14.8. The summed E-state index contributed by atoms with van der Waals surface area (Å²) in [6, 6.07) is 22.2. The maximum Gasteiger partial charge on any atom is 0.255 e. The van der Waals surface area contributed by atoms with Crippen molar-refractivity contribution in [3.63, 3.8) is 0 Å². The Labute approximate surface area is 207 Å². The van der Waals surface area contributed by atoms with Crippen molar-refractivity contribution in [1.29, 1.82) is 0 Å². The molecular formula is C26H23ClN6O2. The smallest absolute Gasteiger partial charge is 0.255 e. The zero-order valence-corrected chi connectivity index (χ0v) is 20.0. The zero-order valence-electron chi connectivity index (χ0n) is 19.2. The minimum atomic E-state index is -0.538. The maximum atomic E-state index is 13.5. The second-order valence-corrected chi connectivity index (χ2v) is 8.71. The molecule has 0 spiro atoms. The molecule has 3 aromatic carbocycles. The van der Waals surface area contributed by atoms with E-state index in [4.69, 9.17) is 16.3 Å². The van der Waals surface area contributed by atoms with Crippen molar-refractivity contribution in [2.45, 2.75) is 26.5 Å². The fourth-order valence-electron chi connectivity index (χ4n) is 4.04. The number of anilines is 2. The number of allylic oxidation sites excluding steroid dienone is 1. The predicted molar refractivity (Wildman–Crippen MR) is 134 cm³/mol. The van der Waals surface area contributed by atoms with Gasteiger partial charge >= 0.3 is 0 Å². The standard InChI is InChI=1S/C26H23ClN6O2/c1-16-6-3-4-9-22(16)29-25(34)23-17(2)28-26-30-31-32-33(26)24(23)19-7-5-8-21(14-19)35-15-18-10-12-20(27)13-11-18/h3-14,24H,15H2,1-2H3,(H,29,34)(H,28,30,32). The number of ether oxygens (including phenoxy) is 1. The largest absolute Gasteiger partial charge is 0.489 e. The van der Waals surface area contributed by atoms with Crippen LogP contribution >= 0.6 is 11.6 Å². The average molecular weight is 487 g/mol. The lowest BCUT2D eigenvalue weighted by Crippen LogP contribution is -2.31. The molecule has 0 bridgehead atoms. The molecule has 35 heavy (non-hydrogen) atoms. The van der Waals surface area contributed by atoms with Gasteiger partial charge < -0.3 is 15.4 Å². The molecule has 1 aliphatic rings. The van der Waals surface area contributed by atoms with Crippen LogP contribution in [0.2, 0.25) is 5.02 Å². The number of hydrogen-bond donors (Lipinski definition) is 2. The number of halogens is 1. The predicted octanol–water partition coefficient (Wildman–Crippen LogP) is 5.14. The van der Waals surface area contributed by atoms with Gasteiger partial charge in [0.2, 0.25) is 5.95 Å². The van der Waals surface area contributed by atoms with Gasteiger partial charge in [0.1, 0.15) is 18.4 Å². The van der Waals surface area contributed by atoms with E-state index in [1.807, 2.05) is 86.6 Å². The van der Waals surface area contributed by atoms with Crippen LogP contribution in [0.25, 0.3) is 0 Å². The molecule has 4 aromatic rings. The number of nitrogens with one attached hydrogen (secondary N) is 2. The number of fused-ring (bicyclic) bond motifs is 1. The lowest BCUT2D eigenvalue weighted by Gasteiger charge is -2.28. The van der Waals surface area contributed by atoms with Gasteiger partial charge in [-0.1, -0.05) is 59.2 Å². The van der Waals surface area contributed by atoms with E-state index >= 15 is 0 Å². The van der Waals surface area contributed by atoms with Crippen molar-refractivity contribution in [2.24, 2.45) is 0 Å². The van der Waals surface area contributed by atoms with Gasteiger partial charge in [-0.2, -0.15) is 4.68 Å². The molecule has 5 rings (SSSR count). The van der Waals surface area contributed by atoms with Gasteiger partial charge in [-0.25, -0.2) is 0 Å². The van der Waals surface area contributed by atoms with Crippen LogP contribution in [0.3, 0.4) is 0 Å². The van der Waals surface area contributed by atoms with E-state index in [1.54, 1.807) is 4.68 Å². The van der Waals surface area contributed by atoms with Gasteiger partial charge in [-0.05, 0) is 71.3 Å². The van der Waals surface area contributed by atoms with Gasteiger partial charge in [-0.15, -0.1) is 0 Å². The van der Waals surface area contributed by atoms with Crippen LogP contribution in [0.4, 0.5) is 11.6 Å². The van der Waals surface area contributed by atoms with Gasteiger partial charge in [0, 0.05) is 16.4 Å². The van der Waals surface area contributed by atoms with E-state index in [-0.39, 0.29) is 5.91 Å². The number of tetrazole rings is 1. The number of amides is 1. The Morgan fingerprint density at radius 3 is 2.69 bits per heavy atom. The molecule has 1 amide bonds. The highest BCUT2D eigenvalue weighted by Crippen LogP contribution is 2.36. The van der Waals surface area contributed by atoms with Crippen molar-refractivity contribution in [1.82, 2.24) is 20.2 Å². The van der Waals surface area contributed by atoms with Crippen LogP contribution < -0.4 is 15.4 Å². The van der Waals surface area contributed by atoms with Crippen LogP contribution in [0, 0.1) is 6.92 Å². The Morgan fingerprint density at radius 1 is 1.09 bits per heavy atom. The molecule has 0 saturated heterocycles. The summed E-state index contributed by atoms with van der Waals surface area (Å²) in [5.41, 5.74) is 4.74. The summed E-state index contributed by atoms with van der Waals surface area (Å²) in [7, 11) is 0. The SMILES string of the molecule is CC1=C(C(=O)Nc2ccccc2C)C(c2cccc(OCc3ccc(Cl)cc3)c2)n2nnnc2N1. The fourth-order valence-corrected chi connectivity index (χ4v) is 4.17. The highest BCUT2D eigenvalue weighted by molar-refractivity contribution is 6.30. The molecule has 2 N–H and O–H groups in total. The minimum Gasteiger partial charge on any atom is -0.489 e. The average Bonchev–Trinajstić information content (AvgIpc) is 3.32. The Hall–Kier alpha value is -4.17. The number of benzene rings is 3. The summed E-state index contributed by atoms with van der Waals surface area (Å²) in [5, 5.41) is 18.9. The Balaban J connectivity index is 1.46. The molecule has 1 aliphatic heterocycles. The Kier molecular flexibility index (Phi) is 6.20. The monoisotopic (exact) mass is 486 g/mol. The zero-order chi connectivity index (χ0) is 24.4. The molecule has 0 radical (unpaired) electrons. The van der Waals surface area contributed by atoms with Crippen molar-refractivity contribution < 1.29 is 9.53 Å². The first-order chi connectivity index (χ1) is 17.0. The van der Waals surface area contributed by atoms with Crippen molar-refractivity contribution >= 4 is 29.1 Å². The van der Waals surface area contributed by atoms with E-state index in [1.165, 1.54) is 0 Å². The molecule has 0 fully saturated rings.